The fourth-order valence-corrected chi connectivity index (χ4v) is 2.66. The van der Waals surface area contributed by atoms with Gasteiger partial charge in [0.15, 0.2) is 5.82 Å². The zero-order valence-corrected chi connectivity index (χ0v) is 13.9. The summed E-state index contributed by atoms with van der Waals surface area (Å²) in [6.45, 7) is 9.50. The molecule has 0 aromatic carbocycles. The molecule has 1 aromatic heterocycles. The number of halogens is 1. The molecule has 2 rings (SSSR count). The minimum Gasteiger partial charge on any atom is -0.497 e. The summed E-state index contributed by atoms with van der Waals surface area (Å²) in [6, 6.07) is 0.362. The van der Waals surface area contributed by atoms with Crippen LogP contribution in [0.3, 0.4) is 0 Å². The van der Waals surface area contributed by atoms with Crippen LogP contribution in [0.1, 0.15) is 44.7 Å². The Morgan fingerprint density at radius 2 is 2.04 bits per heavy atom. The lowest BCUT2D eigenvalue weighted by atomic mass is 9.96. The molecule has 0 saturated heterocycles. The van der Waals surface area contributed by atoms with Gasteiger partial charge in [0.1, 0.15) is 11.5 Å². The number of hydrogen-bond acceptors (Lipinski definition) is 4. The Morgan fingerprint density at radius 1 is 1.35 bits per heavy atom. The summed E-state index contributed by atoms with van der Waals surface area (Å²) in [6.07, 6.45) is 8.79. The first-order chi connectivity index (χ1) is 11.0. The Bertz CT molecular complexity index is 619. The maximum absolute atomic E-state index is 14.0. The van der Waals surface area contributed by atoms with Gasteiger partial charge in [0.05, 0.1) is 13.3 Å². The lowest BCUT2D eigenvalue weighted by Gasteiger charge is -2.22. The molecule has 0 spiro atoms. The molecule has 0 atom stereocenters. The minimum absolute atomic E-state index is 0.196. The van der Waals surface area contributed by atoms with E-state index in [0.717, 1.165) is 18.4 Å². The molecule has 0 unspecified atom stereocenters. The van der Waals surface area contributed by atoms with Crippen LogP contribution >= 0.6 is 0 Å². The van der Waals surface area contributed by atoms with Gasteiger partial charge in [-0.15, -0.1) is 0 Å². The highest BCUT2D eigenvalue weighted by Gasteiger charge is 2.16. The van der Waals surface area contributed by atoms with Gasteiger partial charge >= 0.3 is 0 Å². The maximum Gasteiger partial charge on any atom is 0.223 e. The number of aromatic nitrogens is 2. The summed E-state index contributed by atoms with van der Waals surface area (Å²) in [5.41, 5.74) is 1.44. The summed E-state index contributed by atoms with van der Waals surface area (Å²) >= 11 is 0. The van der Waals surface area contributed by atoms with Gasteiger partial charge in [-0.05, 0) is 37.0 Å². The monoisotopic (exact) mass is 317 g/mol. The Labute approximate surface area is 137 Å². The first kappa shape index (κ1) is 17.2. The highest BCUT2D eigenvalue weighted by Crippen LogP contribution is 2.23. The van der Waals surface area contributed by atoms with Crippen molar-refractivity contribution in [2.24, 2.45) is 0 Å². The molecule has 1 aliphatic carbocycles. The fourth-order valence-electron chi connectivity index (χ4n) is 2.66. The van der Waals surface area contributed by atoms with Crippen LogP contribution in [0.15, 0.2) is 36.8 Å². The number of allylic oxidation sites excluding steroid dienone is 3. The molecule has 0 amide bonds. The number of nitrogens with zero attached hydrogens (tertiary/aromatic N) is 2. The van der Waals surface area contributed by atoms with Crippen molar-refractivity contribution >= 4 is 11.5 Å². The molecule has 1 aromatic rings. The Morgan fingerprint density at radius 3 is 2.70 bits per heavy atom. The predicted octanol–water partition coefficient (Wildman–Crippen LogP) is 4.48. The van der Waals surface area contributed by atoms with Crippen molar-refractivity contribution in [1.29, 1.82) is 0 Å². The molecule has 4 nitrogen and oxygen atoms in total. The van der Waals surface area contributed by atoms with Crippen LogP contribution in [0.25, 0.3) is 5.57 Å². The molecule has 1 heterocycles. The van der Waals surface area contributed by atoms with Crippen molar-refractivity contribution in [3.63, 3.8) is 0 Å². The Balaban J connectivity index is 2.16. The van der Waals surface area contributed by atoms with E-state index in [9.17, 15) is 4.39 Å². The number of ether oxygens (including phenoxy) is 1. The van der Waals surface area contributed by atoms with Crippen LogP contribution in [0.2, 0.25) is 0 Å². The highest BCUT2D eigenvalue weighted by atomic mass is 19.1. The lowest BCUT2D eigenvalue weighted by Crippen LogP contribution is -2.23. The van der Waals surface area contributed by atoms with Crippen molar-refractivity contribution in [1.82, 2.24) is 9.97 Å². The minimum atomic E-state index is -0.490. The Hall–Kier alpha value is -2.17. The third-order valence-electron chi connectivity index (χ3n) is 4.06. The first-order valence-corrected chi connectivity index (χ1v) is 7.91. The average molecular weight is 317 g/mol. The molecule has 1 saturated carbocycles. The van der Waals surface area contributed by atoms with E-state index in [2.05, 4.69) is 28.4 Å². The normalized spacial score (nSPS) is 16.0. The number of hydrogen-bond donors (Lipinski definition) is 1. The van der Waals surface area contributed by atoms with E-state index < -0.39 is 5.82 Å². The predicted molar refractivity (Wildman–Crippen MR) is 91.4 cm³/mol. The number of anilines is 1. The zero-order chi connectivity index (χ0) is 16.8. The molecule has 0 bridgehead atoms. The molecular formula is C18H24FN3O. The van der Waals surface area contributed by atoms with Gasteiger partial charge in [-0.25, -0.2) is 14.4 Å². The highest BCUT2D eigenvalue weighted by molar-refractivity contribution is 5.71. The van der Waals surface area contributed by atoms with Crippen LogP contribution in [-0.2, 0) is 4.74 Å². The average Bonchev–Trinajstić information content (AvgIpc) is 2.56. The van der Waals surface area contributed by atoms with Gasteiger partial charge in [0.25, 0.3) is 0 Å². The second kappa shape index (κ2) is 7.90. The molecule has 5 heteroatoms. The molecule has 0 aliphatic heterocycles. The van der Waals surface area contributed by atoms with E-state index in [1.54, 1.807) is 13.2 Å². The first-order valence-electron chi connectivity index (χ1n) is 7.91. The van der Waals surface area contributed by atoms with Crippen molar-refractivity contribution in [3.8, 4) is 0 Å². The van der Waals surface area contributed by atoms with Crippen molar-refractivity contribution < 1.29 is 9.13 Å². The number of rotatable bonds is 6. The van der Waals surface area contributed by atoms with E-state index >= 15 is 0 Å². The lowest BCUT2D eigenvalue weighted by molar-refractivity contribution is 0.303. The molecule has 0 radical (unpaired) electrons. The summed E-state index contributed by atoms with van der Waals surface area (Å²) in [5.74, 6) is 0.475. The largest absolute Gasteiger partial charge is 0.497 e. The molecule has 1 fully saturated rings. The van der Waals surface area contributed by atoms with Crippen LogP contribution in [0.4, 0.5) is 10.3 Å². The summed E-state index contributed by atoms with van der Waals surface area (Å²) in [7, 11) is 1.54. The van der Waals surface area contributed by atoms with E-state index in [4.69, 9.17) is 4.74 Å². The van der Waals surface area contributed by atoms with E-state index in [0.29, 0.717) is 23.3 Å². The van der Waals surface area contributed by atoms with Crippen LogP contribution < -0.4 is 5.32 Å². The summed E-state index contributed by atoms with van der Waals surface area (Å²) in [4.78, 5) is 8.34. The second-order valence-corrected chi connectivity index (χ2v) is 5.85. The smallest absolute Gasteiger partial charge is 0.223 e. The van der Waals surface area contributed by atoms with Crippen LogP contribution in [0.5, 0.6) is 0 Å². The number of nitrogens with one attached hydrogen (secondary N) is 1. The number of methoxy groups -OCH3 is 1. The molecule has 23 heavy (non-hydrogen) atoms. The molecular weight excluding hydrogens is 293 g/mol. The van der Waals surface area contributed by atoms with E-state index in [1.165, 1.54) is 25.5 Å². The second-order valence-electron chi connectivity index (χ2n) is 5.85. The third kappa shape index (κ3) is 4.65. The third-order valence-corrected chi connectivity index (χ3v) is 4.06. The van der Waals surface area contributed by atoms with Crippen LogP contribution in [-0.4, -0.2) is 23.1 Å². The molecule has 1 N–H and O–H groups in total. The summed E-state index contributed by atoms with van der Waals surface area (Å²) < 4.78 is 19.1. The van der Waals surface area contributed by atoms with Gasteiger partial charge in [-0.2, -0.15) is 0 Å². The van der Waals surface area contributed by atoms with Crippen LogP contribution in [0, 0.1) is 5.82 Å². The SMILES string of the molecule is C=C(OC)/C(C)=C/C(=C)c1nc(NC2CCCCC2)ncc1F. The van der Waals surface area contributed by atoms with Gasteiger partial charge < -0.3 is 10.1 Å². The van der Waals surface area contributed by atoms with Crippen molar-refractivity contribution in [2.75, 3.05) is 12.4 Å². The quantitative estimate of drug-likeness (QED) is 0.621. The fraction of sp³-hybridized carbons (Fsp3) is 0.444. The van der Waals surface area contributed by atoms with Gasteiger partial charge in [-0.1, -0.05) is 32.4 Å². The summed E-state index contributed by atoms with van der Waals surface area (Å²) in [5, 5.41) is 3.30. The van der Waals surface area contributed by atoms with E-state index in [-0.39, 0.29) is 5.69 Å². The Kier molecular flexibility index (Phi) is 5.90. The maximum atomic E-state index is 14.0. The van der Waals surface area contributed by atoms with Gasteiger partial charge in [0.2, 0.25) is 5.95 Å². The van der Waals surface area contributed by atoms with E-state index in [1.807, 2.05) is 6.92 Å². The van der Waals surface area contributed by atoms with Gasteiger partial charge in [-0.3, -0.25) is 0 Å². The topological polar surface area (TPSA) is 47.0 Å². The standard InChI is InChI=1S/C18H24FN3O/c1-12(14(3)23-4)10-13(2)17-16(19)11-20-18(22-17)21-15-8-6-5-7-9-15/h10-11,15H,2-3,5-9H2,1,4H3,(H,20,21,22)/b12-10+. The zero-order valence-electron chi connectivity index (χ0n) is 13.9. The molecule has 1 aliphatic rings. The van der Waals surface area contributed by atoms with Crippen molar-refractivity contribution in [2.45, 2.75) is 45.1 Å². The molecule has 124 valence electrons. The van der Waals surface area contributed by atoms with Crippen molar-refractivity contribution in [3.05, 3.63) is 48.3 Å². The van der Waals surface area contributed by atoms with Gasteiger partial charge in [0, 0.05) is 6.04 Å².